The SMILES string of the molecule is CC1CCCN(c2nc3c(c(=O)[nH]2)CCN(CC2CCOC2)C3)C1. The Morgan fingerprint density at radius 2 is 2.25 bits per heavy atom. The molecule has 1 aromatic heterocycles. The van der Waals surface area contributed by atoms with Crippen molar-refractivity contribution in [1.82, 2.24) is 14.9 Å². The first-order valence-electron chi connectivity index (χ1n) is 9.36. The molecule has 2 fully saturated rings. The molecule has 4 rings (SSSR count). The summed E-state index contributed by atoms with van der Waals surface area (Å²) in [6.45, 7) is 8.84. The van der Waals surface area contributed by atoms with Crippen LogP contribution in [0.25, 0.3) is 0 Å². The Morgan fingerprint density at radius 3 is 3.04 bits per heavy atom. The van der Waals surface area contributed by atoms with Crippen molar-refractivity contribution in [3.63, 3.8) is 0 Å². The Hall–Kier alpha value is -1.40. The van der Waals surface area contributed by atoms with Crippen LogP contribution in [0.4, 0.5) is 5.95 Å². The van der Waals surface area contributed by atoms with Gasteiger partial charge in [0.1, 0.15) is 0 Å². The highest BCUT2D eigenvalue weighted by molar-refractivity contribution is 5.35. The highest BCUT2D eigenvalue weighted by Crippen LogP contribution is 2.23. The lowest BCUT2D eigenvalue weighted by Crippen LogP contribution is -2.41. The lowest BCUT2D eigenvalue weighted by atomic mass is 10.0. The summed E-state index contributed by atoms with van der Waals surface area (Å²) in [6.07, 6.45) is 4.41. The Labute approximate surface area is 143 Å². The monoisotopic (exact) mass is 332 g/mol. The summed E-state index contributed by atoms with van der Waals surface area (Å²) in [7, 11) is 0. The molecule has 1 aromatic rings. The van der Waals surface area contributed by atoms with Gasteiger partial charge in [-0.2, -0.15) is 0 Å². The number of H-pyrrole nitrogens is 1. The Kier molecular flexibility index (Phi) is 4.59. The molecule has 2 saturated heterocycles. The maximum Gasteiger partial charge on any atom is 0.255 e. The maximum absolute atomic E-state index is 12.5. The van der Waals surface area contributed by atoms with Gasteiger partial charge in [-0.15, -0.1) is 0 Å². The third-order valence-electron chi connectivity index (χ3n) is 5.64. The summed E-state index contributed by atoms with van der Waals surface area (Å²) < 4.78 is 5.49. The van der Waals surface area contributed by atoms with E-state index in [4.69, 9.17) is 9.72 Å². The minimum Gasteiger partial charge on any atom is -0.381 e. The number of nitrogens with one attached hydrogen (secondary N) is 1. The van der Waals surface area contributed by atoms with Gasteiger partial charge in [0.05, 0.1) is 12.3 Å². The van der Waals surface area contributed by atoms with Crippen LogP contribution in [0, 0.1) is 11.8 Å². The van der Waals surface area contributed by atoms with E-state index in [1.54, 1.807) is 0 Å². The zero-order valence-electron chi connectivity index (χ0n) is 14.6. The van der Waals surface area contributed by atoms with Crippen LogP contribution < -0.4 is 10.5 Å². The predicted molar refractivity (Wildman–Crippen MR) is 93.4 cm³/mol. The molecule has 2 atom stereocenters. The van der Waals surface area contributed by atoms with Crippen molar-refractivity contribution in [3.05, 3.63) is 21.6 Å². The van der Waals surface area contributed by atoms with Gasteiger partial charge in [-0.05, 0) is 37.5 Å². The molecule has 1 N–H and O–H groups in total. The summed E-state index contributed by atoms with van der Waals surface area (Å²) in [6, 6.07) is 0. The highest BCUT2D eigenvalue weighted by Gasteiger charge is 2.26. The second-order valence-corrected chi connectivity index (χ2v) is 7.72. The van der Waals surface area contributed by atoms with Crippen molar-refractivity contribution >= 4 is 5.95 Å². The molecule has 2 unspecified atom stereocenters. The fraction of sp³-hybridized carbons (Fsp3) is 0.778. The van der Waals surface area contributed by atoms with Gasteiger partial charge in [-0.1, -0.05) is 6.92 Å². The molecular weight excluding hydrogens is 304 g/mol. The minimum absolute atomic E-state index is 0.0667. The summed E-state index contributed by atoms with van der Waals surface area (Å²) in [4.78, 5) is 25.1. The van der Waals surface area contributed by atoms with Crippen LogP contribution in [-0.4, -0.2) is 54.3 Å². The molecule has 0 saturated carbocycles. The second kappa shape index (κ2) is 6.84. The average Bonchev–Trinajstić information content (AvgIpc) is 3.07. The number of hydrogen-bond donors (Lipinski definition) is 1. The van der Waals surface area contributed by atoms with E-state index in [0.29, 0.717) is 11.8 Å². The van der Waals surface area contributed by atoms with E-state index >= 15 is 0 Å². The lowest BCUT2D eigenvalue weighted by molar-refractivity contribution is 0.161. The van der Waals surface area contributed by atoms with Crippen LogP contribution in [-0.2, 0) is 17.7 Å². The maximum atomic E-state index is 12.5. The van der Waals surface area contributed by atoms with Crippen molar-refractivity contribution in [2.45, 2.75) is 39.2 Å². The van der Waals surface area contributed by atoms with Crippen molar-refractivity contribution in [2.24, 2.45) is 11.8 Å². The quantitative estimate of drug-likeness (QED) is 0.907. The van der Waals surface area contributed by atoms with Gasteiger partial charge in [0.15, 0.2) is 0 Å². The smallest absolute Gasteiger partial charge is 0.255 e. The van der Waals surface area contributed by atoms with E-state index in [9.17, 15) is 4.79 Å². The molecule has 0 spiro atoms. The largest absolute Gasteiger partial charge is 0.381 e. The molecule has 132 valence electrons. The number of aromatic amines is 1. The number of piperidine rings is 1. The van der Waals surface area contributed by atoms with Crippen LogP contribution in [0.1, 0.15) is 37.4 Å². The van der Waals surface area contributed by atoms with Gasteiger partial charge < -0.3 is 9.64 Å². The van der Waals surface area contributed by atoms with Crippen molar-refractivity contribution in [2.75, 3.05) is 44.3 Å². The molecule has 0 bridgehead atoms. The second-order valence-electron chi connectivity index (χ2n) is 7.72. The van der Waals surface area contributed by atoms with Gasteiger partial charge in [-0.25, -0.2) is 4.98 Å². The number of hydrogen-bond acceptors (Lipinski definition) is 5. The standard InChI is InChI=1S/C18H28N4O2/c1-13-3-2-6-22(9-13)18-19-16-11-21(10-14-5-8-24-12-14)7-4-15(16)17(23)20-18/h13-14H,2-12H2,1H3,(H,19,20,23). The number of rotatable bonds is 3. The van der Waals surface area contributed by atoms with Gasteiger partial charge in [-0.3, -0.25) is 14.7 Å². The van der Waals surface area contributed by atoms with Crippen molar-refractivity contribution < 1.29 is 4.74 Å². The first-order valence-corrected chi connectivity index (χ1v) is 9.36. The number of nitrogens with zero attached hydrogens (tertiary/aromatic N) is 3. The van der Waals surface area contributed by atoms with E-state index in [0.717, 1.165) is 76.0 Å². The third-order valence-corrected chi connectivity index (χ3v) is 5.64. The molecule has 6 nitrogen and oxygen atoms in total. The molecule has 6 heteroatoms. The average molecular weight is 332 g/mol. The van der Waals surface area contributed by atoms with Gasteiger partial charge in [0, 0.05) is 44.9 Å². The molecule has 0 aliphatic carbocycles. The Bertz CT molecular complexity index is 638. The summed E-state index contributed by atoms with van der Waals surface area (Å²) in [5.74, 6) is 2.08. The zero-order chi connectivity index (χ0) is 16.5. The number of ether oxygens (including phenoxy) is 1. The molecule has 4 heterocycles. The minimum atomic E-state index is 0.0667. The van der Waals surface area contributed by atoms with E-state index < -0.39 is 0 Å². The third kappa shape index (κ3) is 3.35. The predicted octanol–water partition coefficient (Wildman–Crippen LogP) is 1.40. The Balaban J connectivity index is 1.51. The fourth-order valence-corrected chi connectivity index (χ4v) is 4.26. The first kappa shape index (κ1) is 16.1. The zero-order valence-corrected chi connectivity index (χ0v) is 14.6. The van der Waals surface area contributed by atoms with Crippen LogP contribution in [0.3, 0.4) is 0 Å². The van der Waals surface area contributed by atoms with E-state index in [1.807, 2.05) is 0 Å². The summed E-state index contributed by atoms with van der Waals surface area (Å²) in [5, 5.41) is 0. The van der Waals surface area contributed by atoms with E-state index in [1.165, 1.54) is 12.8 Å². The topological polar surface area (TPSA) is 61.5 Å². The lowest BCUT2D eigenvalue weighted by Gasteiger charge is -2.33. The first-order chi connectivity index (χ1) is 11.7. The van der Waals surface area contributed by atoms with Crippen LogP contribution in [0.2, 0.25) is 0 Å². The number of fused-ring (bicyclic) bond motifs is 1. The van der Waals surface area contributed by atoms with Crippen LogP contribution in [0.5, 0.6) is 0 Å². The molecule has 0 aromatic carbocycles. The molecule has 3 aliphatic heterocycles. The van der Waals surface area contributed by atoms with E-state index in [-0.39, 0.29) is 5.56 Å². The van der Waals surface area contributed by atoms with E-state index in [2.05, 4.69) is 21.7 Å². The molecule has 0 radical (unpaired) electrons. The summed E-state index contributed by atoms with van der Waals surface area (Å²) in [5.41, 5.74) is 1.94. The summed E-state index contributed by atoms with van der Waals surface area (Å²) >= 11 is 0. The van der Waals surface area contributed by atoms with Crippen molar-refractivity contribution in [1.29, 1.82) is 0 Å². The Morgan fingerprint density at radius 1 is 1.33 bits per heavy atom. The fourth-order valence-electron chi connectivity index (χ4n) is 4.26. The molecule has 24 heavy (non-hydrogen) atoms. The number of anilines is 1. The van der Waals surface area contributed by atoms with Gasteiger partial charge >= 0.3 is 0 Å². The number of aromatic nitrogens is 2. The van der Waals surface area contributed by atoms with Gasteiger partial charge in [0.25, 0.3) is 5.56 Å². The molecular formula is C18H28N4O2. The molecule has 0 amide bonds. The normalized spacial score (nSPS) is 28.1. The highest BCUT2D eigenvalue weighted by atomic mass is 16.5. The van der Waals surface area contributed by atoms with Crippen LogP contribution in [0.15, 0.2) is 4.79 Å². The molecule has 3 aliphatic rings. The van der Waals surface area contributed by atoms with Crippen LogP contribution >= 0.6 is 0 Å². The van der Waals surface area contributed by atoms with Gasteiger partial charge in [0.2, 0.25) is 5.95 Å². The van der Waals surface area contributed by atoms with Crippen molar-refractivity contribution in [3.8, 4) is 0 Å².